The maximum absolute atomic E-state index is 5.68. The van der Waals surface area contributed by atoms with Gasteiger partial charge in [-0.25, -0.2) is 0 Å². The van der Waals surface area contributed by atoms with Crippen molar-refractivity contribution in [1.29, 1.82) is 0 Å². The molecular weight excluding hydrogens is 168 g/mol. The lowest BCUT2D eigenvalue weighted by atomic mass is 10.1. The molecule has 2 rings (SSSR count). The van der Waals surface area contributed by atoms with Crippen molar-refractivity contribution in [2.75, 3.05) is 6.61 Å². The molecule has 0 amide bonds. The van der Waals surface area contributed by atoms with Crippen LogP contribution < -0.4 is 0 Å². The van der Waals surface area contributed by atoms with Crippen molar-refractivity contribution >= 4 is 0 Å². The van der Waals surface area contributed by atoms with Crippen molar-refractivity contribution in [2.45, 2.75) is 19.3 Å². The Kier molecular flexibility index (Phi) is 2.38. The number of hydrogen-bond acceptors (Lipinski definition) is 3. The molecule has 1 aromatic rings. The van der Waals surface area contributed by atoms with Crippen LogP contribution in [-0.4, -0.2) is 12.7 Å². The van der Waals surface area contributed by atoms with Crippen molar-refractivity contribution in [2.24, 2.45) is 5.92 Å². The highest BCUT2D eigenvalue weighted by Crippen LogP contribution is 2.29. The first kappa shape index (κ1) is 8.78. The van der Waals surface area contributed by atoms with Gasteiger partial charge in [-0.3, -0.25) is 0 Å². The highest BCUT2D eigenvalue weighted by atomic mass is 16.7. The summed E-state index contributed by atoms with van der Waals surface area (Å²) in [6.45, 7) is 8.11. The number of hydrogen-bond donors (Lipinski definition) is 0. The summed E-state index contributed by atoms with van der Waals surface area (Å²) in [5, 5.41) is 0. The molecule has 1 aliphatic heterocycles. The third-order valence-electron chi connectivity index (χ3n) is 2.07. The van der Waals surface area contributed by atoms with Gasteiger partial charge in [0.25, 0.3) is 0 Å². The molecule has 1 saturated heterocycles. The van der Waals surface area contributed by atoms with Gasteiger partial charge in [0.1, 0.15) is 0 Å². The minimum Gasteiger partial charge on any atom is -0.464 e. The molecule has 1 aromatic heterocycles. The van der Waals surface area contributed by atoms with E-state index in [1.165, 1.54) is 0 Å². The SMILES string of the molecule is [CH]C(C)C1COC(c2ccco2)O1. The average Bonchev–Trinajstić information content (AvgIpc) is 2.75. The Bertz CT molecular complexity index is 253. The second-order valence-electron chi connectivity index (χ2n) is 3.21. The smallest absolute Gasteiger partial charge is 0.217 e. The van der Waals surface area contributed by atoms with Crippen LogP contribution in [0.25, 0.3) is 0 Å². The van der Waals surface area contributed by atoms with Crippen molar-refractivity contribution in [1.82, 2.24) is 0 Å². The van der Waals surface area contributed by atoms with Gasteiger partial charge in [-0.1, -0.05) is 6.92 Å². The Morgan fingerprint density at radius 1 is 1.62 bits per heavy atom. The molecule has 3 nitrogen and oxygen atoms in total. The first-order valence-electron chi connectivity index (χ1n) is 4.33. The fourth-order valence-electron chi connectivity index (χ4n) is 1.27. The number of ether oxygens (including phenoxy) is 2. The molecule has 3 atom stereocenters. The van der Waals surface area contributed by atoms with E-state index in [0.29, 0.717) is 12.4 Å². The summed E-state index contributed by atoms with van der Waals surface area (Å²) in [7, 11) is 0. The quantitative estimate of drug-likeness (QED) is 0.698. The first-order valence-corrected chi connectivity index (χ1v) is 4.33. The van der Waals surface area contributed by atoms with Crippen LogP contribution in [0, 0.1) is 12.8 Å². The Labute approximate surface area is 77.6 Å². The van der Waals surface area contributed by atoms with Crippen LogP contribution in [0.2, 0.25) is 0 Å². The maximum atomic E-state index is 5.68. The van der Waals surface area contributed by atoms with Crippen LogP contribution >= 0.6 is 0 Å². The monoisotopic (exact) mass is 180 g/mol. The van der Waals surface area contributed by atoms with Gasteiger partial charge in [0.15, 0.2) is 5.76 Å². The van der Waals surface area contributed by atoms with Crippen molar-refractivity contribution in [3.63, 3.8) is 0 Å². The molecule has 0 saturated carbocycles. The molecule has 13 heavy (non-hydrogen) atoms. The molecule has 1 aliphatic rings. The number of rotatable bonds is 2. The van der Waals surface area contributed by atoms with Gasteiger partial charge in [0.05, 0.1) is 19.0 Å². The van der Waals surface area contributed by atoms with Crippen LogP contribution in [0.5, 0.6) is 0 Å². The highest BCUT2D eigenvalue weighted by Gasteiger charge is 2.30. The van der Waals surface area contributed by atoms with E-state index in [4.69, 9.17) is 20.8 Å². The van der Waals surface area contributed by atoms with Crippen LogP contribution in [0.4, 0.5) is 0 Å². The molecule has 2 heterocycles. The first-order chi connectivity index (χ1) is 6.27. The third-order valence-corrected chi connectivity index (χ3v) is 2.07. The third kappa shape index (κ3) is 1.76. The summed E-state index contributed by atoms with van der Waals surface area (Å²) >= 11 is 0. The van der Waals surface area contributed by atoms with Crippen molar-refractivity contribution < 1.29 is 13.9 Å². The van der Waals surface area contributed by atoms with E-state index in [2.05, 4.69) is 0 Å². The van der Waals surface area contributed by atoms with Crippen LogP contribution in [0.1, 0.15) is 19.0 Å². The van der Waals surface area contributed by atoms with Gasteiger partial charge in [0.2, 0.25) is 6.29 Å². The summed E-state index contributed by atoms with van der Waals surface area (Å²) < 4.78 is 16.1. The molecule has 0 aliphatic carbocycles. The second-order valence-corrected chi connectivity index (χ2v) is 3.21. The molecule has 0 spiro atoms. The van der Waals surface area contributed by atoms with Gasteiger partial charge >= 0.3 is 0 Å². The predicted molar refractivity (Wildman–Crippen MR) is 45.7 cm³/mol. The second kappa shape index (κ2) is 3.52. The van der Waals surface area contributed by atoms with E-state index in [9.17, 15) is 0 Å². The predicted octanol–water partition coefficient (Wildman–Crippen LogP) is 2.04. The minimum atomic E-state index is -0.383. The van der Waals surface area contributed by atoms with E-state index < -0.39 is 0 Å². The van der Waals surface area contributed by atoms with E-state index in [1.807, 2.05) is 13.0 Å². The topological polar surface area (TPSA) is 31.6 Å². The lowest BCUT2D eigenvalue weighted by molar-refractivity contribution is -0.0785. The Hall–Kier alpha value is -0.800. The Balaban J connectivity index is 1.99. The lowest BCUT2D eigenvalue weighted by Crippen LogP contribution is -2.17. The Morgan fingerprint density at radius 2 is 2.46 bits per heavy atom. The van der Waals surface area contributed by atoms with Gasteiger partial charge < -0.3 is 13.9 Å². The van der Waals surface area contributed by atoms with Crippen LogP contribution in [0.15, 0.2) is 22.8 Å². The largest absolute Gasteiger partial charge is 0.464 e. The van der Waals surface area contributed by atoms with Gasteiger partial charge in [-0.05, 0) is 25.0 Å². The summed E-state index contributed by atoms with van der Waals surface area (Å²) in [4.78, 5) is 0. The summed E-state index contributed by atoms with van der Waals surface area (Å²) in [5.41, 5.74) is 0. The summed E-state index contributed by atoms with van der Waals surface area (Å²) in [6.07, 6.45) is 1.18. The van der Waals surface area contributed by atoms with Crippen LogP contribution in [0.3, 0.4) is 0 Å². The molecule has 3 heteroatoms. The fourth-order valence-corrected chi connectivity index (χ4v) is 1.27. The lowest BCUT2D eigenvalue weighted by Gasteiger charge is -2.11. The zero-order chi connectivity index (χ0) is 9.26. The molecule has 0 bridgehead atoms. The molecule has 2 radical (unpaired) electrons. The molecule has 0 aromatic carbocycles. The van der Waals surface area contributed by atoms with Crippen molar-refractivity contribution in [3.8, 4) is 0 Å². The van der Waals surface area contributed by atoms with Gasteiger partial charge in [-0.2, -0.15) is 0 Å². The summed E-state index contributed by atoms with van der Waals surface area (Å²) in [6, 6.07) is 3.63. The van der Waals surface area contributed by atoms with Gasteiger partial charge in [0, 0.05) is 0 Å². The molecule has 3 unspecified atom stereocenters. The average molecular weight is 180 g/mol. The van der Waals surface area contributed by atoms with Crippen molar-refractivity contribution in [3.05, 3.63) is 31.1 Å². The van der Waals surface area contributed by atoms with E-state index in [-0.39, 0.29) is 18.3 Å². The van der Waals surface area contributed by atoms with Crippen LogP contribution in [-0.2, 0) is 9.47 Å². The minimum absolute atomic E-state index is 0.0139. The number of furan rings is 1. The van der Waals surface area contributed by atoms with Gasteiger partial charge in [-0.15, -0.1) is 0 Å². The molecule has 70 valence electrons. The zero-order valence-corrected chi connectivity index (χ0v) is 7.47. The Morgan fingerprint density at radius 3 is 3.00 bits per heavy atom. The maximum Gasteiger partial charge on any atom is 0.217 e. The zero-order valence-electron chi connectivity index (χ0n) is 7.47. The van der Waals surface area contributed by atoms with E-state index in [1.54, 1.807) is 12.3 Å². The molecule has 0 N–H and O–H groups in total. The van der Waals surface area contributed by atoms with E-state index >= 15 is 0 Å². The normalized spacial score (nSPS) is 28.5. The van der Waals surface area contributed by atoms with E-state index in [0.717, 1.165) is 0 Å². The fraction of sp³-hybridized carbons (Fsp3) is 0.500. The molecule has 1 fully saturated rings. The standard InChI is InChI=1S/C10H12O3/c1-7(2)9-6-12-10(13-9)8-4-3-5-11-8/h1,3-5,7,9-10H,6H2,2H3. The highest BCUT2D eigenvalue weighted by molar-refractivity contribution is 5.01. The molecular formula is C10H12O3. The summed E-state index contributed by atoms with van der Waals surface area (Å²) in [5.74, 6) is 0.683.